The minimum Gasteiger partial charge on any atom is -0.384 e. The molecule has 0 spiro atoms. The fourth-order valence-corrected chi connectivity index (χ4v) is 1.73. The van der Waals surface area contributed by atoms with E-state index in [9.17, 15) is 4.79 Å². The minimum absolute atomic E-state index is 0.00898. The molecule has 1 aromatic heterocycles. The molecular weight excluding hydrogens is 202 g/mol. The number of rotatable bonds is 3. The summed E-state index contributed by atoms with van der Waals surface area (Å²) in [7, 11) is 0. The molecule has 88 valence electrons. The van der Waals surface area contributed by atoms with Gasteiger partial charge in [0.05, 0.1) is 0 Å². The molecule has 1 heterocycles. The van der Waals surface area contributed by atoms with Crippen LogP contribution in [0.3, 0.4) is 0 Å². The molecule has 0 radical (unpaired) electrons. The average Bonchev–Trinajstić information content (AvgIpc) is 2.16. The lowest BCUT2D eigenvalue weighted by Crippen LogP contribution is -2.36. The molecule has 2 N–H and O–H groups in total. The number of carbonyl (C=O) groups is 1. The van der Waals surface area contributed by atoms with Crippen LogP contribution in [0.4, 0.5) is 5.82 Å². The van der Waals surface area contributed by atoms with Crippen LogP contribution in [0.15, 0.2) is 12.1 Å². The Morgan fingerprint density at radius 3 is 2.56 bits per heavy atom. The Morgan fingerprint density at radius 1 is 1.50 bits per heavy atom. The van der Waals surface area contributed by atoms with Gasteiger partial charge in [0, 0.05) is 23.8 Å². The van der Waals surface area contributed by atoms with E-state index >= 15 is 0 Å². The molecule has 1 rings (SSSR count). The van der Waals surface area contributed by atoms with Gasteiger partial charge in [-0.15, -0.1) is 0 Å². The largest absolute Gasteiger partial charge is 0.384 e. The second-order valence-corrected chi connectivity index (χ2v) is 4.11. The predicted molar refractivity (Wildman–Crippen MR) is 65.2 cm³/mol. The summed E-state index contributed by atoms with van der Waals surface area (Å²) in [4.78, 5) is 18.0. The van der Waals surface area contributed by atoms with E-state index in [0.717, 1.165) is 5.69 Å². The maximum atomic E-state index is 12.2. The fraction of sp³-hybridized carbons (Fsp3) is 0.500. The standard InChI is InChI=1S/C12H19N3O/c1-5-15(8(2)3)12(16)10-6-9(4)14-11(13)7-10/h6-8H,5H2,1-4H3,(H2,13,14). The lowest BCUT2D eigenvalue weighted by atomic mass is 10.1. The van der Waals surface area contributed by atoms with Gasteiger partial charge in [-0.3, -0.25) is 4.79 Å². The molecule has 1 aromatic rings. The maximum Gasteiger partial charge on any atom is 0.254 e. The minimum atomic E-state index is 0.00898. The molecular formula is C12H19N3O. The summed E-state index contributed by atoms with van der Waals surface area (Å²) in [5.41, 5.74) is 7.01. The molecule has 0 atom stereocenters. The van der Waals surface area contributed by atoms with Crippen LogP contribution in [0, 0.1) is 6.92 Å². The monoisotopic (exact) mass is 221 g/mol. The first-order valence-corrected chi connectivity index (χ1v) is 5.50. The van der Waals surface area contributed by atoms with E-state index in [-0.39, 0.29) is 11.9 Å². The van der Waals surface area contributed by atoms with Crippen molar-refractivity contribution in [2.24, 2.45) is 0 Å². The van der Waals surface area contributed by atoms with Gasteiger partial charge in [-0.05, 0) is 39.8 Å². The van der Waals surface area contributed by atoms with Crippen LogP contribution in [-0.4, -0.2) is 28.4 Å². The number of hydrogen-bond donors (Lipinski definition) is 1. The highest BCUT2D eigenvalue weighted by Crippen LogP contribution is 2.12. The predicted octanol–water partition coefficient (Wildman–Crippen LogP) is 1.84. The number of nitrogens with two attached hydrogens (primary N) is 1. The second-order valence-electron chi connectivity index (χ2n) is 4.11. The summed E-state index contributed by atoms with van der Waals surface area (Å²) in [5.74, 6) is 0.401. The summed E-state index contributed by atoms with van der Waals surface area (Å²) in [6.07, 6.45) is 0. The highest BCUT2D eigenvalue weighted by molar-refractivity contribution is 5.95. The van der Waals surface area contributed by atoms with E-state index in [0.29, 0.717) is 17.9 Å². The van der Waals surface area contributed by atoms with Crippen LogP contribution in [-0.2, 0) is 0 Å². The first kappa shape index (κ1) is 12.5. The Balaban J connectivity index is 3.03. The second kappa shape index (κ2) is 4.96. The van der Waals surface area contributed by atoms with Crippen molar-refractivity contribution in [2.45, 2.75) is 33.7 Å². The fourth-order valence-electron chi connectivity index (χ4n) is 1.73. The van der Waals surface area contributed by atoms with Crippen LogP contribution in [0.1, 0.15) is 36.8 Å². The van der Waals surface area contributed by atoms with Crippen molar-refractivity contribution in [3.8, 4) is 0 Å². The summed E-state index contributed by atoms with van der Waals surface area (Å²) in [5, 5.41) is 0. The number of aryl methyl sites for hydroxylation is 1. The summed E-state index contributed by atoms with van der Waals surface area (Å²) in [6, 6.07) is 3.58. The molecule has 1 amide bonds. The van der Waals surface area contributed by atoms with Gasteiger partial charge in [0.2, 0.25) is 0 Å². The summed E-state index contributed by atoms with van der Waals surface area (Å²) in [6.45, 7) is 8.49. The molecule has 0 aliphatic carbocycles. The topological polar surface area (TPSA) is 59.2 Å². The molecule has 4 heteroatoms. The number of anilines is 1. The van der Waals surface area contributed by atoms with Crippen LogP contribution in [0.5, 0.6) is 0 Å². The van der Waals surface area contributed by atoms with Gasteiger partial charge in [0.15, 0.2) is 0 Å². The average molecular weight is 221 g/mol. The molecule has 16 heavy (non-hydrogen) atoms. The van der Waals surface area contributed by atoms with Crippen molar-refractivity contribution in [2.75, 3.05) is 12.3 Å². The van der Waals surface area contributed by atoms with E-state index in [1.54, 1.807) is 17.0 Å². The number of amides is 1. The van der Waals surface area contributed by atoms with Crippen molar-refractivity contribution in [3.63, 3.8) is 0 Å². The van der Waals surface area contributed by atoms with Crippen molar-refractivity contribution < 1.29 is 4.79 Å². The lowest BCUT2D eigenvalue weighted by molar-refractivity contribution is 0.0716. The lowest BCUT2D eigenvalue weighted by Gasteiger charge is -2.25. The molecule has 0 fully saturated rings. The van der Waals surface area contributed by atoms with E-state index in [1.165, 1.54) is 0 Å². The zero-order valence-electron chi connectivity index (χ0n) is 10.3. The molecule has 0 saturated carbocycles. The first-order valence-electron chi connectivity index (χ1n) is 5.50. The van der Waals surface area contributed by atoms with Gasteiger partial charge in [-0.2, -0.15) is 0 Å². The molecule has 0 unspecified atom stereocenters. The smallest absolute Gasteiger partial charge is 0.254 e. The third-order valence-corrected chi connectivity index (χ3v) is 2.45. The van der Waals surface area contributed by atoms with Crippen LogP contribution >= 0.6 is 0 Å². The van der Waals surface area contributed by atoms with Gasteiger partial charge in [-0.25, -0.2) is 4.98 Å². The van der Waals surface area contributed by atoms with Crippen molar-refractivity contribution >= 4 is 11.7 Å². The molecule has 0 aliphatic heterocycles. The van der Waals surface area contributed by atoms with Crippen LogP contribution in [0.25, 0.3) is 0 Å². The number of carbonyl (C=O) groups excluding carboxylic acids is 1. The van der Waals surface area contributed by atoms with Crippen molar-refractivity contribution in [1.29, 1.82) is 0 Å². The van der Waals surface area contributed by atoms with Gasteiger partial charge in [0.1, 0.15) is 5.82 Å². The van der Waals surface area contributed by atoms with E-state index in [2.05, 4.69) is 4.98 Å². The van der Waals surface area contributed by atoms with Gasteiger partial charge < -0.3 is 10.6 Å². The van der Waals surface area contributed by atoms with Gasteiger partial charge in [-0.1, -0.05) is 0 Å². The highest BCUT2D eigenvalue weighted by Gasteiger charge is 2.17. The Kier molecular flexibility index (Phi) is 3.88. The Morgan fingerprint density at radius 2 is 2.12 bits per heavy atom. The number of nitrogen functional groups attached to an aromatic ring is 1. The molecule has 4 nitrogen and oxygen atoms in total. The Bertz CT molecular complexity index is 368. The van der Waals surface area contributed by atoms with E-state index < -0.39 is 0 Å². The first-order chi connectivity index (χ1) is 7.45. The van der Waals surface area contributed by atoms with E-state index in [4.69, 9.17) is 5.73 Å². The van der Waals surface area contributed by atoms with Crippen molar-refractivity contribution in [3.05, 3.63) is 23.4 Å². The Labute approximate surface area is 96.5 Å². The number of pyridine rings is 1. The zero-order valence-corrected chi connectivity index (χ0v) is 10.3. The van der Waals surface area contributed by atoms with Crippen molar-refractivity contribution in [1.82, 2.24) is 9.88 Å². The van der Waals surface area contributed by atoms with Gasteiger partial charge >= 0.3 is 0 Å². The Hall–Kier alpha value is -1.58. The quantitative estimate of drug-likeness (QED) is 0.847. The third kappa shape index (κ3) is 2.72. The van der Waals surface area contributed by atoms with Crippen LogP contribution < -0.4 is 5.73 Å². The molecule has 0 aromatic carbocycles. The number of hydrogen-bond acceptors (Lipinski definition) is 3. The SMILES string of the molecule is CCN(C(=O)c1cc(C)nc(N)c1)C(C)C. The molecule has 0 bridgehead atoms. The maximum absolute atomic E-state index is 12.2. The third-order valence-electron chi connectivity index (χ3n) is 2.45. The molecule has 0 aliphatic rings. The zero-order chi connectivity index (χ0) is 12.3. The van der Waals surface area contributed by atoms with Gasteiger partial charge in [0.25, 0.3) is 5.91 Å². The van der Waals surface area contributed by atoms with Crippen LogP contribution in [0.2, 0.25) is 0 Å². The number of nitrogens with zero attached hydrogens (tertiary/aromatic N) is 2. The summed E-state index contributed by atoms with van der Waals surface area (Å²) < 4.78 is 0. The van der Waals surface area contributed by atoms with E-state index in [1.807, 2.05) is 27.7 Å². The normalized spacial score (nSPS) is 10.6. The number of aromatic nitrogens is 1. The highest BCUT2D eigenvalue weighted by atomic mass is 16.2. The summed E-state index contributed by atoms with van der Waals surface area (Å²) >= 11 is 0. The molecule has 0 saturated heterocycles.